The number of rotatable bonds is 8. The molecule has 0 aliphatic rings. The van der Waals surface area contributed by atoms with E-state index in [9.17, 15) is 4.79 Å². The molecule has 0 saturated heterocycles. The Kier molecular flexibility index (Phi) is 6.14. The molecular weight excluding hydrogens is 294 g/mol. The molecule has 2 rings (SSSR count). The van der Waals surface area contributed by atoms with Crippen LogP contribution in [0.15, 0.2) is 28.8 Å². The Morgan fingerprint density at radius 2 is 2.04 bits per heavy atom. The van der Waals surface area contributed by atoms with Crippen molar-refractivity contribution < 1.29 is 14.1 Å². The van der Waals surface area contributed by atoms with Gasteiger partial charge in [0.2, 0.25) is 5.89 Å². The smallest absolute Gasteiger partial charge is 0.251 e. The average molecular weight is 317 g/mol. The van der Waals surface area contributed by atoms with Gasteiger partial charge in [0.15, 0.2) is 5.82 Å². The van der Waals surface area contributed by atoms with E-state index < -0.39 is 0 Å². The molecule has 6 nitrogen and oxygen atoms in total. The second-order valence-corrected chi connectivity index (χ2v) is 5.45. The first-order chi connectivity index (χ1) is 11.1. The standard InChI is InChI=1S/C17H23N3O3/c1-4-5-6-11-22-15-9-7-14(8-10-15)16(21)18-12(2)17-19-13(3)20-23-17/h7-10,12H,4-6,11H2,1-3H3,(H,18,21). The van der Waals surface area contributed by atoms with Crippen LogP contribution in [0.2, 0.25) is 0 Å². The van der Waals surface area contributed by atoms with Gasteiger partial charge in [0.05, 0.1) is 6.61 Å². The third kappa shape index (κ3) is 5.09. The molecule has 1 aromatic heterocycles. The Labute approximate surface area is 136 Å². The number of benzene rings is 1. The number of nitrogens with zero attached hydrogens (tertiary/aromatic N) is 2. The van der Waals surface area contributed by atoms with Crippen molar-refractivity contribution >= 4 is 5.91 Å². The van der Waals surface area contributed by atoms with Crippen molar-refractivity contribution in [3.63, 3.8) is 0 Å². The molecule has 1 N–H and O–H groups in total. The van der Waals surface area contributed by atoms with Gasteiger partial charge in [-0.2, -0.15) is 4.98 Å². The summed E-state index contributed by atoms with van der Waals surface area (Å²) in [4.78, 5) is 16.3. The zero-order valence-corrected chi connectivity index (χ0v) is 13.8. The number of aromatic nitrogens is 2. The fourth-order valence-electron chi connectivity index (χ4n) is 2.08. The highest BCUT2D eigenvalue weighted by atomic mass is 16.5. The largest absolute Gasteiger partial charge is 0.494 e. The van der Waals surface area contributed by atoms with Crippen LogP contribution in [-0.4, -0.2) is 22.7 Å². The van der Waals surface area contributed by atoms with Crippen molar-refractivity contribution in [1.82, 2.24) is 15.5 Å². The topological polar surface area (TPSA) is 77.2 Å². The van der Waals surface area contributed by atoms with Crippen LogP contribution in [0.4, 0.5) is 0 Å². The Balaban J connectivity index is 1.87. The minimum atomic E-state index is -0.339. The maximum absolute atomic E-state index is 12.2. The molecule has 1 atom stereocenters. The molecule has 1 amide bonds. The predicted octanol–water partition coefficient (Wildman–Crippen LogP) is 3.44. The number of unbranched alkanes of at least 4 members (excludes halogenated alkanes) is 2. The lowest BCUT2D eigenvalue weighted by molar-refractivity contribution is 0.0932. The minimum absolute atomic E-state index is 0.189. The SMILES string of the molecule is CCCCCOc1ccc(C(=O)NC(C)c2nc(C)no2)cc1. The normalized spacial score (nSPS) is 12.0. The van der Waals surface area contributed by atoms with Crippen molar-refractivity contribution in [2.24, 2.45) is 0 Å². The highest BCUT2D eigenvalue weighted by molar-refractivity contribution is 5.94. The Bertz CT molecular complexity index is 622. The summed E-state index contributed by atoms with van der Waals surface area (Å²) in [7, 11) is 0. The lowest BCUT2D eigenvalue weighted by Crippen LogP contribution is -2.26. The van der Waals surface area contributed by atoms with Crippen LogP contribution >= 0.6 is 0 Å². The van der Waals surface area contributed by atoms with E-state index in [0.717, 1.165) is 18.6 Å². The van der Waals surface area contributed by atoms with Crippen LogP contribution in [0.25, 0.3) is 0 Å². The number of carbonyl (C=O) groups excluding carboxylic acids is 1. The van der Waals surface area contributed by atoms with E-state index in [4.69, 9.17) is 9.26 Å². The van der Waals surface area contributed by atoms with E-state index in [1.54, 1.807) is 26.0 Å². The quantitative estimate of drug-likeness (QED) is 0.755. The monoisotopic (exact) mass is 317 g/mol. The third-order valence-corrected chi connectivity index (χ3v) is 3.39. The first-order valence-electron chi connectivity index (χ1n) is 7.94. The van der Waals surface area contributed by atoms with Crippen LogP contribution in [-0.2, 0) is 0 Å². The average Bonchev–Trinajstić information content (AvgIpc) is 2.99. The number of hydrogen-bond acceptors (Lipinski definition) is 5. The van der Waals surface area contributed by atoms with Crippen molar-refractivity contribution in [2.75, 3.05) is 6.61 Å². The molecular formula is C17H23N3O3. The van der Waals surface area contributed by atoms with Gasteiger partial charge in [0.25, 0.3) is 5.91 Å². The zero-order chi connectivity index (χ0) is 16.7. The van der Waals surface area contributed by atoms with E-state index in [0.29, 0.717) is 23.9 Å². The minimum Gasteiger partial charge on any atom is -0.494 e. The van der Waals surface area contributed by atoms with Gasteiger partial charge >= 0.3 is 0 Å². The van der Waals surface area contributed by atoms with E-state index >= 15 is 0 Å². The molecule has 0 spiro atoms. The van der Waals surface area contributed by atoms with Gasteiger partial charge < -0.3 is 14.6 Å². The highest BCUT2D eigenvalue weighted by Crippen LogP contribution is 2.15. The van der Waals surface area contributed by atoms with E-state index in [2.05, 4.69) is 22.4 Å². The molecule has 0 bridgehead atoms. The molecule has 0 aliphatic heterocycles. The summed E-state index contributed by atoms with van der Waals surface area (Å²) in [6.45, 7) is 6.40. The number of hydrogen-bond donors (Lipinski definition) is 1. The maximum Gasteiger partial charge on any atom is 0.251 e. The lowest BCUT2D eigenvalue weighted by Gasteiger charge is -2.10. The van der Waals surface area contributed by atoms with Crippen LogP contribution in [0.3, 0.4) is 0 Å². The summed E-state index contributed by atoms with van der Waals surface area (Å²) in [5.74, 6) is 1.53. The fourth-order valence-corrected chi connectivity index (χ4v) is 2.08. The van der Waals surface area contributed by atoms with Crippen molar-refractivity contribution in [1.29, 1.82) is 0 Å². The van der Waals surface area contributed by atoms with Crippen molar-refractivity contribution in [2.45, 2.75) is 46.1 Å². The number of nitrogens with one attached hydrogen (secondary N) is 1. The Morgan fingerprint density at radius 1 is 1.30 bits per heavy atom. The first-order valence-corrected chi connectivity index (χ1v) is 7.94. The molecule has 1 aromatic carbocycles. The molecule has 124 valence electrons. The number of ether oxygens (including phenoxy) is 1. The summed E-state index contributed by atoms with van der Waals surface area (Å²) < 4.78 is 10.7. The molecule has 0 fully saturated rings. The predicted molar refractivity (Wildman–Crippen MR) is 86.4 cm³/mol. The van der Waals surface area contributed by atoms with E-state index in [1.165, 1.54) is 6.42 Å². The Hall–Kier alpha value is -2.37. The van der Waals surface area contributed by atoms with Gasteiger partial charge in [-0.25, -0.2) is 0 Å². The van der Waals surface area contributed by atoms with Crippen molar-refractivity contribution in [3.8, 4) is 5.75 Å². The maximum atomic E-state index is 12.2. The van der Waals surface area contributed by atoms with Gasteiger partial charge in [0, 0.05) is 5.56 Å². The summed E-state index contributed by atoms with van der Waals surface area (Å²) in [5.41, 5.74) is 0.564. The number of aryl methyl sites for hydroxylation is 1. The van der Waals surface area contributed by atoms with Gasteiger partial charge in [-0.3, -0.25) is 4.79 Å². The lowest BCUT2D eigenvalue weighted by atomic mass is 10.2. The van der Waals surface area contributed by atoms with Crippen LogP contribution in [0.5, 0.6) is 5.75 Å². The van der Waals surface area contributed by atoms with Crippen LogP contribution < -0.4 is 10.1 Å². The molecule has 2 aromatic rings. The molecule has 23 heavy (non-hydrogen) atoms. The van der Waals surface area contributed by atoms with Crippen molar-refractivity contribution in [3.05, 3.63) is 41.5 Å². The van der Waals surface area contributed by atoms with E-state index in [-0.39, 0.29) is 11.9 Å². The summed E-state index contributed by atoms with van der Waals surface area (Å²) in [6, 6.07) is 6.77. The number of amides is 1. The highest BCUT2D eigenvalue weighted by Gasteiger charge is 2.16. The summed E-state index contributed by atoms with van der Waals surface area (Å²) in [5, 5.41) is 6.55. The fraction of sp³-hybridized carbons (Fsp3) is 0.471. The Morgan fingerprint density at radius 3 is 2.65 bits per heavy atom. The summed E-state index contributed by atoms with van der Waals surface area (Å²) >= 11 is 0. The van der Waals surface area contributed by atoms with Gasteiger partial charge in [-0.05, 0) is 44.5 Å². The second kappa shape index (κ2) is 8.31. The zero-order valence-electron chi connectivity index (χ0n) is 13.8. The second-order valence-electron chi connectivity index (χ2n) is 5.45. The third-order valence-electron chi connectivity index (χ3n) is 3.39. The summed E-state index contributed by atoms with van der Waals surface area (Å²) in [6.07, 6.45) is 3.37. The first kappa shape index (κ1) is 17.0. The van der Waals surface area contributed by atoms with Gasteiger partial charge in [-0.1, -0.05) is 24.9 Å². The molecule has 1 heterocycles. The van der Waals surface area contributed by atoms with Gasteiger partial charge in [0.1, 0.15) is 11.8 Å². The molecule has 6 heteroatoms. The molecule has 0 saturated carbocycles. The number of carbonyl (C=O) groups is 1. The van der Waals surface area contributed by atoms with E-state index in [1.807, 2.05) is 12.1 Å². The molecule has 0 radical (unpaired) electrons. The van der Waals surface area contributed by atoms with Crippen LogP contribution in [0.1, 0.15) is 61.2 Å². The molecule has 0 aliphatic carbocycles. The van der Waals surface area contributed by atoms with Gasteiger partial charge in [-0.15, -0.1) is 0 Å². The molecule has 1 unspecified atom stereocenters. The van der Waals surface area contributed by atoms with Crippen LogP contribution in [0, 0.1) is 6.92 Å².